The van der Waals surface area contributed by atoms with Gasteiger partial charge >= 0.3 is 14.8 Å². The molecule has 1 aromatic rings. The fourth-order valence-electron chi connectivity index (χ4n) is 2.54. The van der Waals surface area contributed by atoms with E-state index in [0.717, 1.165) is 30.2 Å². The van der Waals surface area contributed by atoms with Gasteiger partial charge in [-0.15, -0.1) is 0 Å². The van der Waals surface area contributed by atoms with E-state index in [-0.39, 0.29) is 5.97 Å². The van der Waals surface area contributed by atoms with E-state index in [4.69, 9.17) is 18.0 Å². The van der Waals surface area contributed by atoms with E-state index in [9.17, 15) is 4.79 Å². The zero-order chi connectivity index (χ0) is 20.0. The lowest BCUT2D eigenvalue weighted by Gasteiger charge is -2.28. The summed E-state index contributed by atoms with van der Waals surface area (Å²) in [5.41, 5.74) is 0.911. The van der Waals surface area contributed by atoms with E-state index in [0.29, 0.717) is 26.4 Å². The van der Waals surface area contributed by atoms with E-state index >= 15 is 0 Å². The highest BCUT2D eigenvalue weighted by Crippen LogP contribution is 2.20. The number of esters is 1. The molecule has 152 valence electrons. The second-order valence-electron chi connectivity index (χ2n) is 5.71. The van der Waals surface area contributed by atoms with Crippen molar-refractivity contribution in [3.63, 3.8) is 0 Å². The molecule has 0 fully saturated rings. The first-order valence-corrected chi connectivity index (χ1v) is 11.4. The van der Waals surface area contributed by atoms with Crippen molar-refractivity contribution in [2.24, 2.45) is 0 Å². The van der Waals surface area contributed by atoms with Crippen LogP contribution in [0.2, 0.25) is 6.04 Å². The van der Waals surface area contributed by atoms with E-state index in [1.54, 1.807) is 6.08 Å². The average Bonchev–Trinajstić information content (AvgIpc) is 2.67. The summed E-state index contributed by atoms with van der Waals surface area (Å²) < 4.78 is 27.9. The summed E-state index contributed by atoms with van der Waals surface area (Å²) in [5, 5.41) is 0. The van der Waals surface area contributed by atoms with Gasteiger partial charge in [0.2, 0.25) is 0 Å². The first-order valence-electron chi connectivity index (χ1n) is 9.49. The van der Waals surface area contributed by atoms with Crippen molar-refractivity contribution in [1.29, 1.82) is 0 Å². The Balaban J connectivity index is 2.40. The van der Waals surface area contributed by atoms with Gasteiger partial charge in [0, 0.05) is 31.9 Å². The number of unbranched alkanes of at least 4 members (excludes halogenated alkanes) is 1. The van der Waals surface area contributed by atoms with Crippen LogP contribution in [0.1, 0.15) is 39.2 Å². The molecular formula is C20H32O6Si. The maximum Gasteiger partial charge on any atom is 0.500 e. The van der Waals surface area contributed by atoms with Crippen LogP contribution in [0.25, 0.3) is 6.08 Å². The summed E-state index contributed by atoms with van der Waals surface area (Å²) in [5.74, 6) is 0.425. The summed E-state index contributed by atoms with van der Waals surface area (Å²) in [7, 11) is -1.20. The molecule has 0 aromatic heterocycles. The van der Waals surface area contributed by atoms with Crippen molar-refractivity contribution in [3.05, 3.63) is 35.9 Å². The minimum atomic E-state index is -2.55. The first kappa shape index (κ1) is 23.4. The number of carbonyl (C=O) groups excluding carboxylic acids is 1. The fraction of sp³-hybridized carbons (Fsp3) is 0.550. The van der Waals surface area contributed by atoms with Gasteiger partial charge in [0.25, 0.3) is 0 Å². The molecule has 0 atom stereocenters. The van der Waals surface area contributed by atoms with Crippen LogP contribution in [0, 0.1) is 0 Å². The Kier molecular flexibility index (Phi) is 11.7. The molecule has 7 heteroatoms. The molecule has 6 nitrogen and oxygen atoms in total. The Bertz CT molecular complexity index is 541. The van der Waals surface area contributed by atoms with Gasteiger partial charge in [-0.1, -0.05) is 12.1 Å². The third kappa shape index (κ3) is 9.19. The summed E-state index contributed by atoms with van der Waals surface area (Å²) >= 11 is 0. The molecule has 0 N–H and O–H groups in total. The SMILES string of the molecule is CCO[Si](CCCCOc1ccc(C=CC(=O)OC)cc1)(OCC)OCC. The van der Waals surface area contributed by atoms with Crippen LogP contribution in [-0.4, -0.2) is 48.3 Å². The molecule has 0 aliphatic heterocycles. The lowest BCUT2D eigenvalue weighted by atomic mass is 10.2. The molecule has 0 amide bonds. The van der Waals surface area contributed by atoms with Gasteiger partial charge in [-0.05, 0) is 57.4 Å². The van der Waals surface area contributed by atoms with Crippen LogP contribution >= 0.6 is 0 Å². The van der Waals surface area contributed by atoms with Crippen molar-refractivity contribution >= 4 is 20.8 Å². The van der Waals surface area contributed by atoms with Gasteiger partial charge in [-0.25, -0.2) is 4.79 Å². The maximum atomic E-state index is 11.1. The number of benzene rings is 1. The Hall–Kier alpha value is -1.67. The topological polar surface area (TPSA) is 63.2 Å². The van der Waals surface area contributed by atoms with Crippen LogP contribution in [0.5, 0.6) is 5.75 Å². The highest BCUT2D eigenvalue weighted by Gasteiger charge is 2.39. The zero-order valence-corrected chi connectivity index (χ0v) is 17.9. The highest BCUT2D eigenvalue weighted by molar-refractivity contribution is 6.60. The van der Waals surface area contributed by atoms with E-state index < -0.39 is 8.80 Å². The smallest absolute Gasteiger partial charge is 0.494 e. The number of ether oxygens (including phenoxy) is 2. The second-order valence-corrected chi connectivity index (χ2v) is 8.45. The Labute approximate surface area is 163 Å². The van der Waals surface area contributed by atoms with Crippen LogP contribution in [0.15, 0.2) is 30.3 Å². The Morgan fingerprint density at radius 2 is 1.56 bits per heavy atom. The molecule has 0 unspecified atom stereocenters. The van der Waals surface area contributed by atoms with E-state index in [1.807, 2.05) is 45.0 Å². The molecule has 27 heavy (non-hydrogen) atoms. The minimum Gasteiger partial charge on any atom is -0.494 e. The number of hydrogen-bond acceptors (Lipinski definition) is 6. The van der Waals surface area contributed by atoms with E-state index in [2.05, 4.69) is 4.74 Å². The van der Waals surface area contributed by atoms with Crippen molar-refractivity contribution in [1.82, 2.24) is 0 Å². The average molecular weight is 397 g/mol. The first-order chi connectivity index (χ1) is 13.1. The number of methoxy groups -OCH3 is 1. The van der Waals surface area contributed by atoms with Gasteiger partial charge in [0.15, 0.2) is 0 Å². The summed E-state index contributed by atoms with van der Waals surface area (Å²) in [4.78, 5) is 11.1. The fourth-order valence-corrected chi connectivity index (χ4v) is 5.23. The van der Waals surface area contributed by atoms with Crippen LogP contribution in [0.3, 0.4) is 0 Å². The van der Waals surface area contributed by atoms with Crippen molar-refractivity contribution < 1.29 is 27.5 Å². The van der Waals surface area contributed by atoms with Crippen LogP contribution in [0.4, 0.5) is 0 Å². The lowest BCUT2D eigenvalue weighted by Crippen LogP contribution is -2.45. The van der Waals surface area contributed by atoms with Crippen molar-refractivity contribution in [2.75, 3.05) is 33.5 Å². The molecule has 0 aliphatic rings. The summed E-state index contributed by atoms with van der Waals surface area (Å²) in [6.07, 6.45) is 4.91. The minimum absolute atomic E-state index is 0.374. The molecule has 0 saturated heterocycles. The zero-order valence-electron chi connectivity index (χ0n) is 16.9. The standard InChI is InChI=1S/C20H32O6Si/c1-5-24-27(25-6-2,26-7-3)17-9-8-16-23-19-13-10-18(11-14-19)12-15-20(21)22-4/h10-15H,5-9,16-17H2,1-4H3. The monoisotopic (exact) mass is 396 g/mol. The van der Waals surface area contributed by atoms with Crippen molar-refractivity contribution in [3.8, 4) is 5.75 Å². The Morgan fingerprint density at radius 1 is 0.963 bits per heavy atom. The number of hydrogen-bond donors (Lipinski definition) is 0. The lowest BCUT2D eigenvalue weighted by molar-refractivity contribution is -0.134. The molecule has 0 saturated carbocycles. The molecule has 0 radical (unpaired) electrons. The normalized spacial score (nSPS) is 11.7. The molecule has 1 rings (SSSR count). The highest BCUT2D eigenvalue weighted by atomic mass is 28.4. The molecule has 0 spiro atoms. The third-order valence-electron chi connectivity index (χ3n) is 3.73. The molecule has 0 aliphatic carbocycles. The maximum absolute atomic E-state index is 11.1. The van der Waals surface area contributed by atoms with Crippen LogP contribution in [-0.2, 0) is 22.8 Å². The van der Waals surface area contributed by atoms with Gasteiger partial charge in [0.1, 0.15) is 5.75 Å². The van der Waals surface area contributed by atoms with Gasteiger partial charge < -0.3 is 22.8 Å². The summed E-state index contributed by atoms with van der Waals surface area (Å²) in [6, 6.07) is 8.36. The van der Waals surface area contributed by atoms with Gasteiger partial charge in [0.05, 0.1) is 13.7 Å². The Morgan fingerprint density at radius 3 is 2.07 bits per heavy atom. The predicted molar refractivity (Wildman–Crippen MR) is 108 cm³/mol. The quantitative estimate of drug-likeness (QED) is 0.204. The van der Waals surface area contributed by atoms with Crippen molar-refractivity contribution in [2.45, 2.75) is 39.7 Å². The van der Waals surface area contributed by atoms with Gasteiger partial charge in [-0.2, -0.15) is 0 Å². The molecule has 0 heterocycles. The summed E-state index contributed by atoms with van der Waals surface area (Å²) in [6.45, 7) is 8.30. The van der Waals surface area contributed by atoms with Gasteiger partial charge in [-0.3, -0.25) is 0 Å². The second kappa shape index (κ2) is 13.5. The molecule has 1 aromatic carbocycles. The van der Waals surface area contributed by atoms with Crippen LogP contribution < -0.4 is 4.74 Å². The number of rotatable bonds is 14. The number of carbonyl (C=O) groups is 1. The largest absolute Gasteiger partial charge is 0.500 e. The molecular weight excluding hydrogens is 364 g/mol. The third-order valence-corrected chi connectivity index (χ3v) is 6.88. The van der Waals surface area contributed by atoms with E-state index in [1.165, 1.54) is 13.2 Å². The molecule has 0 bridgehead atoms. The predicted octanol–water partition coefficient (Wildman–Crippen LogP) is 4.08.